The van der Waals surface area contributed by atoms with E-state index < -0.39 is 17.7 Å². The number of ether oxygens (including phenoxy) is 2. The average molecular weight is 597 g/mol. The van der Waals surface area contributed by atoms with Gasteiger partial charge in [0.05, 0.1) is 44.2 Å². The van der Waals surface area contributed by atoms with E-state index in [2.05, 4.69) is 20.9 Å². The highest BCUT2D eigenvalue weighted by atomic mass is 35.5. The van der Waals surface area contributed by atoms with Crippen molar-refractivity contribution in [2.45, 2.75) is 38.1 Å². The number of benzene rings is 2. The molecular weight excluding hydrogens is 563 g/mol. The second-order valence-electron chi connectivity index (χ2n) is 10.2. The molecule has 5 rings (SSSR count). The third kappa shape index (κ3) is 6.97. The molecule has 2 heterocycles. The maximum absolute atomic E-state index is 15.8. The number of carbonyl (C=O) groups is 2. The third-order valence-electron chi connectivity index (χ3n) is 7.32. The number of allylic oxidation sites excluding steroid dienone is 2. The van der Waals surface area contributed by atoms with Gasteiger partial charge >= 0.3 is 6.09 Å². The van der Waals surface area contributed by atoms with Gasteiger partial charge in [0.15, 0.2) is 0 Å². The fraction of sp³-hybridized carbons (Fsp3) is 0.333. The van der Waals surface area contributed by atoms with Crippen molar-refractivity contribution in [3.8, 4) is 5.75 Å². The molecule has 1 fully saturated rings. The summed E-state index contributed by atoms with van der Waals surface area (Å²) in [5, 5.41) is 14.4. The summed E-state index contributed by atoms with van der Waals surface area (Å²) in [6, 6.07) is 17.0. The highest BCUT2D eigenvalue weighted by Gasteiger charge is 2.46. The summed E-state index contributed by atoms with van der Waals surface area (Å²) in [6.45, 7) is 2.99. The van der Waals surface area contributed by atoms with Gasteiger partial charge in [-0.15, -0.1) is 17.5 Å². The van der Waals surface area contributed by atoms with Gasteiger partial charge in [0, 0.05) is 32.0 Å². The van der Waals surface area contributed by atoms with Crippen LogP contribution in [0.5, 0.6) is 5.75 Å². The van der Waals surface area contributed by atoms with Gasteiger partial charge in [-0.1, -0.05) is 59.8 Å². The van der Waals surface area contributed by atoms with Gasteiger partial charge in [-0.05, 0) is 23.3 Å². The summed E-state index contributed by atoms with van der Waals surface area (Å²) in [5.41, 5.74) is 2.12. The zero-order valence-electron chi connectivity index (χ0n) is 23.5. The second-order valence-corrected chi connectivity index (χ2v) is 10.2. The highest BCUT2D eigenvalue weighted by molar-refractivity contribution is 5.85. The zero-order valence-corrected chi connectivity index (χ0v) is 24.3. The molecule has 0 radical (unpaired) electrons. The summed E-state index contributed by atoms with van der Waals surface area (Å²) in [6.07, 6.45) is 4.19. The van der Waals surface area contributed by atoms with Crippen LogP contribution in [0.15, 0.2) is 78.8 Å². The predicted octanol–water partition coefficient (Wildman–Crippen LogP) is 3.88. The lowest BCUT2D eigenvalue weighted by Gasteiger charge is -2.40. The summed E-state index contributed by atoms with van der Waals surface area (Å²) in [5.74, 6) is 0.246. The molecule has 1 aliphatic carbocycles. The van der Waals surface area contributed by atoms with E-state index in [1.807, 2.05) is 60.7 Å². The predicted molar refractivity (Wildman–Crippen MR) is 158 cm³/mol. The molecule has 1 aliphatic heterocycles. The third-order valence-corrected chi connectivity index (χ3v) is 7.32. The van der Waals surface area contributed by atoms with Crippen molar-refractivity contribution in [1.82, 2.24) is 30.5 Å². The Morgan fingerprint density at radius 3 is 2.64 bits per heavy atom. The molecule has 2 atom stereocenters. The fourth-order valence-electron chi connectivity index (χ4n) is 5.13. The van der Waals surface area contributed by atoms with E-state index in [-0.39, 0.29) is 50.2 Å². The van der Waals surface area contributed by atoms with Gasteiger partial charge in [-0.3, -0.25) is 9.69 Å². The molecule has 1 unspecified atom stereocenters. The maximum atomic E-state index is 15.8. The van der Waals surface area contributed by atoms with Crippen LogP contribution in [-0.4, -0.2) is 70.3 Å². The van der Waals surface area contributed by atoms with Crippen LogP contribution in [0.25, 0.3) is 5.57 Å². The van der Waals surface area contributed by atoms with Crippen molar-refractivity contribution in [1.29, 1.82) is 0 Å². The van der Waals surface area contributed by atoms with E-state index in [1.54, 1.807) is 29.0 Å². The molecule has 1 saturated heterocycles. The Morgan fingerprint density at radius 2 is 1.95 bits per heavy atom. The van der Waals surface area contributed by atoms with E-state index >= 15 is 4.39 Å². The van der Waals surface area contributed by atoms with E-state index in [4.69, 9.17) is 9.47 Å². The molecule has 2 aliphatic rings. The quantitative estimate of drug-likeness (QED) is 0.346. The lowest BCUT2D eigenvalue weighted by atomic mass is 9.84. The van der Waals surface area contributed by atoms with Gasteiger partial charge in [0.25, 0.3) is 0 Å². The minimum Gasteiger partial charge on any atom is -0.497 e. The number of nitrogens with one attached hydrogen (secondary N) is 2. The second kappa shape index (κ2) is 13.6. The first-order valence-electron chi connectivity index (χ1n) is 13.4. The molecule has 12 heteroatoms. The summed E-state index contributed by atoms with van der Waals surface area (Å²) in [7, 11) is 1.62. The van der Waals surface area contributed by atoms with Crippen LogP contribution in [0.2, 0.25) is 0 Å². The van der Waals surface area contributed by atoms with Gasteiger partial charge in [-0.2, -0.15) is 0 Å². The number of amides is 2. The van der Waals surface area contributed by atoms with Crippen molar-refractivity contribution in [3.63, 3.8) is 0 Å². The molecule has 0 spiro atoms. The minimum absolute atomic E-state index is 0. The largest absolute Gasteiger partial charge is 0.497 e. The fourth-order valence-corrected chi connectivity index (χ4v) is 5.13. The topological polar surface area (TPSA) is 111 Å². The molecule has 0 saturated carbocycles. The van der Waals surface area contributed by atoms with Crippen molar-refractivity contribution >= 4 is 30.0 Å². The summed E-state index contributed by atoms with van der Waals surface area (Å²) >= 11 is 0. The lowest BCUT2D eigenvalue weighted by Crippen LogP contribution is -2.55. The number of methoxy groups -OCH3 is 1. The molecule has 3 aromatic rings. The summed E-state index contributed by atoms with van der Waals surface area (Å²) in [4.78, 5) is 26.0. The molecule has 222 valence electrons. The Hall–Kier alpha value is -4.22. The zero-order chi connectivity index (χ0) is 28.8. The number of hydrogen-bond donors (Lipinski definition) is 2. The highest BCUT2D eigenvalue weighted by Crippen LogP contribution is 2.38. The smallest absolute Gasteiger partial charge is 0.411 e. The minimum atomic E-state index is -1.02. The lowest BCUT2D eigenvalue weighted by molar-refractivity contribution is -0.119. The molecule has 10 nitrogen and oxygen atoms in total. The first kappa shape index (κ1) is 30.7. The SMILES string of the molecule is COc1ccc(Cn2nncc2CNCC2(N3C[C@H](CNC(C)=O)OC3=O)C=CC(c3ccccc3)=C(F)C2)cc1.Cl. The number of hydrogen-bond acceptors (Lipinski definition) is 7. The number of rotatable bonds is 11. The van der Waals surface area contributed by atoms with Crippen LogP contribution in [0.4, 0.5) is 9.18 Å². The molecule has 2 N–H and O–H groups in total. The Balaban J connectivity index is 0.00000405. The van der Waals surface area contributed by atoms with Crippen molar-refractivity contribution in [2.24, 2.45) is 0 Å². The normalized spacial score (nSPS) is 19.8. The maximum Gasteiger partial charge on any atom is 0.411 e. The van der Waals surface area contributed by atoms with Crippen LogP contribution in [0.1, 0.15) is 30.2 Å². The molecule has 1 aromatic heterocycles. The van der Waals surface area contributed by atoms with Crippen molar-refractivity contribution in [2.75, 3.05) is 26.7 Å². The van der Waals surface area contributed by atoms with Crippen LogP contribution in [-0.2, 0) is 22.6 Å². The van der Waals surface area contributed by atoms with Crippen LogP contribution >= 0.6 is 12.4 Å². The first-order chi connectivity index (χ1) is 19.9. The number of aromatic nitrogens is 3. The number of halogens is 2. The molecule has 2 amide bonds. The summed E-state index contributed by atoms with van der Waals surface area (Å²) < 4.78 is 28.3. The first-order valence-corrected chi connectivity index (χ1v) is 13.4. The Labute approximate surface area is 250 Å². The van der Waals surface area contributed by atoms with Crippen molar-refractivity contribution < 1.29 is 23.5 Å². The Bertz CT molecular complexity index is 1450. The number of carbonyl (C=O) groups excluding carboxylic acids is 2. The van der Waals surface area contributed by atoms with Gasteiger partial charge in [0.1, 0.15) is 17.7 Å². The molecule has 42 heavy (non-hydrogen) atoms. The van der Waals surface area contributed by atoms with E-state index in [0.717, 1.165) is 22.6 Å². The standard InChI is InChI=1S/C30H33FN6O4.ClH/c1-21(38)33-17-26-19-36(29(39)41-26)30(13-12-27(28(31)14-30)23-6-4-3-5-7-23)20-32-15-24-16-34-35-37(24)18-22-8-10-25(40-2)11-9-22;/h3-13,16,26,32H,14-15,17-20H2,1-2H3,(H,33,38);1H/t26-,30?;/m0./s1. The number of nitrogens with zero attached hydrogens (tertiary/aromatic N) is 4. The molecular formula is C30H34ClFN6O4. The van der Waals surface area contributed by atoms with Gasteiger partial charge < -0.3 is 20.1 Å². The van der Waals surface area contributed by atoms with Crippen LogP contribution in [0, 0.1) is 0 Å². The van der Waals surface area contributed by atoms with Gasteiger partial charge in [-0.25, -0.2) is 13.9 Å². The molecule has 0 bridgehead atoms. The van der Waals surface area contributed by atoms with Gasteiger partial charge in [0.2, 0.25) is 5.91 Å². The molecule has 2 aromatic carbocycles. The van der Waals surface area contributed by atoms with E-state index in [1.165, 1.54) is 6.92 Å². The van der Waals surface area contributed by atoms with Crippen molar-refractivity contribution in [3.05, 3.63) is 95.6 Å². The van der Waals surface area contributed by atoms with Crippen LogP contribution < -0.4 is 15.4 Å². The monoisotopic (exact) mass is 596 g/mol. The Kier molecular flexibility index (Phi) is 9.97. The van der Waals surface area contributed by atoms with E-state index in [9.17, 15) is 9.59 Å². The average Bonchev–Trinajstić information content (AvgIpc) is 3.58. The Morgan fingerprint density at radius 1 is 1.19 bits per heavy atom. The van der Waals surface area contributed by atoms with Crippen LogP contribution in [0.3, 0.4) is 0 Å². The number of cyclic esters (lactones) is 1. The van der Waals surface area contributed by atoms with E-state index in [0.29, 0.717) is 18.7 Å².